The van der Waals surface area contributed by atoms with Crippen LogP contribution < -0.4 is 10.0 Å². The van der Waals surface area contributed by atoms with Crippen molar-refractivity contribution in [2.45, 2.75) is 38.5 Å². The van der Waals surface area contributed by atoms with Crippen molar-refractivity contribution < 1.29 is 8.42 Å². The summed E-state index contributed by atoms with van der Waals surface area (Å²) < 4.78 is 26.9. The minimum absolute atomic E-state index is 0.326. The Kier molecular flexibility index (Phi) is 6.31. The van der Waals surface area contributed by atoms with E-state index in [1.165, 1.54) is 0 Å². The second kappa shape index (κ2) is 7.50. The fraction of sp³-hybridized carbons (Fsp3) is 0.571. The fourth-order valence-electron chi connectivity index (χ4n) is 1.66. The summed E-state index contributed by atoms with van der Waals surface area (Å²) in [7, 11) is -3.42. The lowest BCUT2D eigenvalue weighted by Crippen LogP contribution is -2.25. The maximum Gasteiger partial charge on any atom is 0.242 e. The summed E-state index contributed by atoms with van der Waals surface area (Å²) in [4.78, 5) is 0.326. The lowest BCUT2D eigenvalue weighted by atomic mass is 10.1. The van der Waals surface area contributed by atoms with Crippen LogP contribution in [-0.2, 0) is 10.0 Å². The Labute approximate surface area is 116 Å². The van der Waals surface area contributed by atoms with Crippen molar-refractivity contribution in [3.8, 4) is 0 Å². The molecule has 0 atom stereocenters. The summed E-state index contributed by atoms with van der Waals surface area (Å²) in [5.74, 6) is 0.592. The van der Waals surface area contributed by atoms with E-state index in [0.717, 1.165) is 19.4 Å². The molecule has 108 valence electrons. The predicted octanol–water partition coefficient (Wildman–Crippen LogP) is 2.83. The maximum absolute atomic E-state index is 12.2. The molecule has 0 aliphatic carbocycles. The quantitative estimate of drug-likeness (QED) is 0.771. The maximum atomic E-state index is 12.2. The number of benzene rings is 1. The number of para-hydroxylation sites is 1. The van der Waals surface area contributed by atoms with Crippen LogP contribution in [0.5, 0.6) is 0 Å². The minimum Gasteiger partial charge on any atom is -0.384 e. The van der Waals surface area contributed by atoms with Crippen molar-refractivity contribution in [3.05, 3.63) is 24.3 Å². The van der Waals surface area contributed by atoms with Crippen LogP contribution in [0.15, 0.2) is 29.2 Å². The molecule has 0 radical (unpaired) electrons. The predicted molar refractivity (Wildman–Crippen MR) is 79.9 cm³/mol. The van der Waals surface area contributed by atoms with Crippen LogP contribution in [0.1, 0.15) is 33.6 Å². The van der Waals surface area contributed by atoms with Crippen LogP contribution in [0.4, 0.5) is 5.69 Å². The summed E-state index contributed by atoms with van der Waals surface area (Å²) in [6, 6.07) is 7.03. The summed E-state index contributed by atoms with van der Waals surface area (Å²) in [6.45, 7) is 7.47. The lowest BCUT2D eigenvalue weighted by Gasteiger charge is -2.13. The Bertz CT molecular complexity index is 484. The van der Waals surface area contributed by atoms with Crippen LogP contribution in [0.3, 0.4) is 0 Å². The van der Waals surface area contributed by atoms with E-state index in [2.05, 4.69) is 23.9 Å². The van der Waals surface area contributed by atoms with Crippen molar-refractivity contribution in [2.75, 3.05) is 18.4 Å². The molecule has 0 aliphatic heterocycles. The van der Waals surface area contributed by atoms with Gasteiger partial charge < -0.3 is 5.32 Å². The van der Waals surface area contributed by atoms with Gasteiger partial charge in [-0.25, -0.2) is 13.1 Å². The van der Waals surface area contributed by atoms with E-state index in [4.69, 9.17) is 0 Å². The summed E-state index contributed by atoms with van der Waals surface area (Å²) in [5.41, 5.74) is 0.673. The standard InChI is InChI=1S/C14H24N2O2S/c1-4-10-16-19(17,18)14-8-6-5-7-13(14)15-11-9-12(2)3/h5-8,12,15-16H,4,9-11H2,1-3H3. The molecular formula is C14H24N2O2S. The second-order valence-electron chi connectivity index (χ2n) is 5.00. The average Bonchev–Trinajstić information content (AvgIpc) is 2.36. The van der Waals surface area contributed by atoms with Gasteiger partial charge in [-0.15, -0.1) is 0 Å². The zero-order valence-electron chi connectivity index (χ0n) is 11.9. The molecule has 0 saturated carbocycles. The van der Waals surface area contributed by atoms with E-state index < -0.39 is 10.0 Å². The molecule has 0 aliphatic rings. The first-order valence-electron chi connectivity index (χ1n) is 6.80. The molecule has 0 unspecified atom stereocenters. The van der Waals surface area contributed by atoms with Crippen molar-refractivity contribution in [1.29, 1.82) is 0 Å². The van der Waals surface area contributed by atoms with E-state index in [0.29, 0.717) is 23.0 Å². The second-order valence-corrected chi connectivity index (χ2v) is 6.74. The normalized spacial score (nSPS) is 11.8. The van der Waals surface area contributed by atoms with Gasteiger partial charge in [-0.05, 0) is 30.9 Å². The fourth-order valence-corrected chi connectivity index (χ4v) is 2.97. The SMILES string of the molecule is CCCNS(=O)(=O)c1ccccc1NCCC(C)C. The zero-order valence-corrected chi connectivity index (χ0v) is 12.8. The highest BCUT2D eigenvalue weighted by molar-refractivity contribution is 7.89. The molecule has 0 spiro atoms. The Hall–Kier alpha value is -1.07. The van der Waals surface area contributed by atoms with Gasteiger partial charge in [0.1, 0.15) is 4.90 Å². The highest BCUT2D eigenvalue weighted by Gasteiger charge is 2.16. The summed E-state index contributed by atoms with van der Waals surface area (Å²) in [5, 5.41) is 3.21. The van der Waals surface area contributed by atoms with Gasteiger partial charge in [-0.1, -0.05) is 32.9 Å². The highest BCUT2D eigenvalue weighted by atomic mass is 32.2. The average molecular weight is 284 g/mol. The molecule has 1 rings (SSSR count). The third-order valence-corrected chi connectivity index (χ3v) is 4.27. The molecule has 1 aromatic carbocycles. The molecular weight excluding hydrogens is 260 g/mol. The number of hydrogen-bond donors (Lipinski definition) is 2. The molecule has 0 heterocycles. The van der Waals surface area contributed by atoms with Crippen LogP contribution in [0.25, 0.3) is 0 Å². The van der Waals surface area contributed by atoms with E-state index >= 15 is 0 Å². The van der Waals surface area contributed by atoms with Crippen molar-refractivity contribution in [1.82, 2.24) is 4.72 Å². The molecule has 2 N–H and O–H groups in total. The van der Waals surface area contributed by atoms with Crippen LogP contribution in [0.2, 0.25) is 0 Å². The number of sulfonamides is 1. The molecule has 1 aromatic rings. The van der Waals surface area contributed by atoms with Crippen molar-refractivity contribution >= 4 is 15.7 Å². The smallest absolute Gasteiger partial charge is 0.242 e. The minimum atomic E-state index is -3.42. The third-order valence-electron chi connectivity index (χ3n) is 2.76. The third kappa shape index (κ3) is 5.20. The van der Waals surface area contributed by atoms with E-state index in [1.54, 1.807) is 18.2 Å². The summed E-state index contributed by atoms with van der Waals surface area (Å²) in [6.07, 6.45) is 1.79. The zero-order chi connectivity index (χ0) is 14.3. The first-order valence-corrected chi connectivity index (χ1v) is 8.28. The van der Waals surface area contributed by atoms with Crippen LogP contribution >= 0.6 is 0 Å². The van der Waals surface area contributed by atoms with Crippen molar-refractivity contribution in [2.24, 2.45) is 5.92 Å². The van der Waals surface area contributed by atoms with Gasteiger partial charge in [0.25, 0.3) is 0 Å². The monoisotopic (exact) mass is 284 g/mol. The van der Waals surface area contributed by atoms with Gasteiger partial charge in [0, 0.05) is 13.1 Å². The Morgan fingerprint density at radius 3 is 2.47 bits per heavy atom. The largest absolute Gasteiger partial charge is 0.384 e. The van der Waals surface area contributed by atoms with Gasteiger partial charge in [-0.3, -0.25) is 0 Å². The van der Waals surface area contributed by atoms with Gasteiger partial charge >= 0.3 is 0 Å². The van der Waals surface area contributed by atoms with Gasteiger partial charge in [-0.2, -0.15) is 0 Å². The van der Waals surface area contributed by atoms with E-state index in [1.807, 2.05) is 13.0 Å². The molecule has 4 nitrogen and oxygen atoms in total. The molecule has 0 aromatic heterocycles. The number of hydrogen-bond acceptors (Lipinski definition) is 3. The molecule has 19 heavy (non-hydrogen) atoms. The van der Waals surface area contributed by atoms with Gasteiger partial charge in [0.15, 0.2) is 0 Å². The number of rotatable bonds is 8. The Balaban J connectivity index is 2.83. The van der Waals surface area contributed by atoms with Gasteiger partial charge in [0.05, 0.1) is 5.69 Å². The number of anilines is 1. The Morgan fingerprint density at radius 1 is 1.16 bits per heavy atom. The van der Waals surface area contributed by atoms with Gasteiger partial charge in [0.2, 0.25) is 10.0 Å². The number of nitrogens with one attached hydrogen (secondary N) is 2. The van der Waals surface area contributed by atoms with Crippen molar-refractivity contribution in [3.63, 3.8) is 0 Å². The topological polar surface area (TPSA) is 58.2 Å². The van der Waals surface area contributed by atoms with Crippen LogP contribution in [0, 0.1) is 5.92 Å². The summed E-state index contributed by atoms with van der Waals surface area (Å²) >= 11 is 0. The lowest BCUT2D eigenvalue weighted by molar-refractivity contribution is 0.580. The molecule has 0 saturated heterocycles. The first-order chi connectivity index (χ1) is 8.97. The molecule has 0 fully saturated rings. The van der Waals surface area contributed by atoms with E-state index in [-0.39, 0.29) is 0 Å². The Morgan fingerprint density at radius 2 is 1.84 bits per heavy atom. The molecule has 0 bridgehead atoms. The first kappa shape index (κ1) is 16.0. The molecule has 5 heteroatoms. The molecule has 0 amide bonds. The van der Waals surface area contributed by atoms with Crippen LogP contribution in [-0.4, -0.2) is 21.5 Å². The van der Waals surface area contributed by atoms with E-state index in [9.17, 15) is 8.42 Å². The highest BCUT2D eigenvalue weighted by Crippen LogP contribution is 2.20.